The van der Waals surface area contributed by atoms with Gasteiger partial charge in [-0.1, -0.05) is 40.1 Å². The zero-order valence-electron chi connectivity index (χ0n) is 8.85. The molecule has 0 aliphatic carbocycles. The molecule has 2 aromatic rings. The Balaban J connectivity index is 2.31. The molecule has 2 rings (SSSR count). The fourth-order valence-corrected chi connectivity index (χ4v) is 1.70. The Hall–Kier alpha value is -1.20. The van der Waals surface area contributed by atoms with Gasteiger partial charge in [0, 0.05) is 10.0 Å². The van der Waals surface area contributed by atoms with Crippen LogP contribution >= 0.6 is 15.9 Å². The fraction of sp³-hybridized carbons (Fsp3) is 0.273. The Labute approximate surface area is 102 Å². The highest BCUT2D eigenvalue weighted by Crippen LogP contribution is 2.21. The Bertz CT molecular complexity index is 484. The van der Waals surface area contributed by atoms with Crippen LogP contribution < -0.4 is 5.73 Å². The predicted octanol–water partition coefficient (Wildman–Crippen LogP) is 2.91. The molecule has 4 nitrogen and oxygen atoms in total. The minimum absolute atomic E-state index is 0.187. The number of hydrogen-bond acceptors (Lipinski definition) is 4. The molecule has 0 aliphatic rings. The average molecular weight is 282 g/mol. The number of rotatable bonds is 3. The van der Waals surface area contributed by atoms with Gasteiger partial charge in [0.1, 0.15) is 0 Å². The zero-order valence-corrected chi connectivity index (χ0v) is 10.4. The first-order valence-electron chi connectivity index (χ1n) is 5.06. The summed E-state index contributed by atoms with van der Waals surface area (Å²) >= 11 is 3.40. The predicted molar refractivity (Wildman–Crippen MR) is 64.7 cm³/mol. The van der Waals surface area contributed by atoms with E-state index in [-0.39, 0.29) is 6.04 Å². The third-order valence-corrected chi connectivity index (χ3v) is 2.77. The number of benzene rings is 1. The normalized spacial score (nSPS) is 12.7. The monoisotopic (exact) mass is 281 g/mol. The minimum Gasteiger partial charge on any atom is -0.337 e. The van der Waals surface area contributed by atoms with Crippen LogP contribution in [0.25, 0.3) is 11.4 Å². The number of nitrogens with zero attached hydrogens (tertiary/aromatic N) is 2. The number of aromatic nitrogens is 2. The van der Waals surface area contributed by atoms with Gasteiger partial charge in [0.25, 0.3) is 0 Å². The first kappa shape index (κ1) is 11.3. The van der Waals surface area contributed by atoms with Crippen molar-refractivity contribution in [1.29, 1.82) is 0 Å². The smallest absolute Gasteiger partial charge is 0.243 e. The molecule has 0 amide bonds. The third-order valence-electron chi connectivity index (χ3n) is 2.28. The second-order valence-corrected chi connectivity index (χ2v) is 4.40. The molecule has 1 atom stereocenters. The lowest BCUT2D eigenvalue weighted by Gasteiger charge is -1.99. The SMILES string of the molecule is CCC(N)c1nc(-c2cccc(Br)c2)no1. The third kappa shape index (κ3) is 2.31. The largest absolute Gasteiger partial charge is 0.337 e. The quantitative estimate of drug-likeness (QED) is 0.940. The summed E-state index contributed by atoms with van der Waals surface area (Å²) in [6, 6.07) is 7.55. The molecule has 1 unspecified atom stereocenters. The van der Waals surface area contributed by atoms with Crippen LogP contribution in [0.15, 0.2) is 33.3 Å². The first-order valence-corrected chi connectivity index (χ1v) is 5.85. The fourth-order valence-electron chi connectivity index (χ4n) is 1.31. The molecule has 1 aromatic carbocycles. The van der Waals surface area contributed by atoms with Crippen molar-refractivity contribution in [1.82, 2.24) is 10.1 Å². The van der Waals surface area contributed by atoms with Gasteiger partial charge in [-0.3, -0.25) is 0 Å². The van der Waals surface area contributed by atoms with Crippen LogP contribution in [0.2, 0.25) is 0 Å². The van der Waals surface area contributed by atoms with Gasteiger partial charge in [-0.15, -0.1) is 0 Å². The topological polar surface area (TPSA) is 64.9 Å². The van der Waals surface area contributed by atoms with Crippen molar-refractivity contribution in [2.75, 3.05) is 0 Å². The first-order chi connectivity index (χ1) is 7.70. The van der Waals surface area contributed by atoms with Gasteiger partial charge in [0.2, 0.25) is 11.7 Å². The summed E-state index contributed by atoms with van der Waals surface area (Å²) in [5.74, 6) is 1.05. The Kier molecular flexibility index (Phi) is 3.36. The maximum atomic E-state index is 5.81. The van der Waals surface area contributed by atoms with E-state index in [9.17, 15) is 0 Å². The molecule has 0 aliphatic heterocycles. The highest BCUT2D eigenvalue weighted by Gasteiger charge is 2.13. The highest BCUT2D eigenvalue weighted by atomic mass is 79.9. The van der Waals surface area contributed by atoms with Gasteiger partial charge in [-0.2, -0.15) is 4.98 Å². The molecule has 2 N–H and O–H groups in total. The molecule has 0 fully saturated rings. The molecule has 0 spiro atoms. The summed E-state index contributed by atoms with van der Waals surface area (Å²) in [6.45, 7) is 1.98. The maximum absolute atomic E-state index is 5.81. The Morgan fingerprint density at radius 1 is 1.50 bits per heavy atom. The minimum atomic E-state index is -0.187. The van der Waals surface area contributed by atoms with E-state index in [0.717, 1.165) is 16.5 Å². The summed E-state index contributed by atoms with van der Waals surface area (Å²) < 4.78 is 6.09. The molecule has 1 heterocycles. The van der Waals surface area contributed by atoms with Crippen LogP contribution in [0.5, 0.6) is 0 Å². The maximum Gasteiger partial charge on any atom is 0.243 e. The van der Waals surface area contributed by atoms with Gasteiger partial charge < -0.3 is 10.3 Å². The van der Waals surface area contributed by atoms with Crippen molar-refractivity contribution in [3.05, 3.63) is 34.6 Å². The van der Waals surface area contributed by atoms with Gasteiger partial charge >= 0.3 is 0 Å². The van der Waals surface area contributed by atoms with Crippen molar-refractivity contribution in [3.63, 3.8) is 0 Å². The van der Waals surface area contributed by atoms with Crippen LogP contribution in [0, 0.1) is 0 Å². The Morgan fingerprint density at radius 3 is 3.00 bits per heavy atom. The lowest BCUT2D eigenvalue weighted by Crippen LogP contribution is -2.08. The average Bonchev–Trinajstić information content (AvgIpc) is 2.77. The second-order valence-electron chi connectivity index (χ2n) is 3.48. The van der Waals surface area contributed by atoms with Gasteiger partial charge in [0.15, 0.2) is 0 Å². The molecule has 0 radical (unpaired) electrons. The van der Waals surface area contributed by atoms with Crippen LogP contribution in [0.4, 0.5) is 0 Å². The molecular formula is C11H12BrN3O. The summed E-state index contributed by atoms with van der Waals surface area (Å²) in [7, 11) is 0. The van der Waals surface area contributed by atoms with Gasteiger partial charge in [-0.25, -0.2) is 0 Å². The number of halogens is 1. The molecule has 16 heavy (non-hydrogen) atoms. The van der Waals surface area contributed by atoms with E-state index in [1.54, 1.807) is 0 Å². The van der Waals surface area contributed by atoms with Crippen molar-refractivity contribution >= 4 is 15.9 Å². The van der Waals surface area contributed by atoms with Gasteiger partial charge in [-0.05, 0) is 18.6 Å². The standard InChI is InChI=1S/C11H12BrN3O/c1-2-9(13)11-14-10(15-16-11)7-4-3-5-8(12)6-7/h3-6,9H,2,13H2,1H3. The number of nitrogens with two attached hydrogens (primary N) is 1. The molecule has 0 saturated heterocycles. The van der Waals surface area contributed by atoms with E-state index in [4.69, 9.17) is 10.3 Å². The summed E-state index contributed by atoms with van der Waals surface area (Å²) in [4.78, 5) is 4.27. The van der Waals surface area contributed by atoms with Crippen molar-refractivity contribution in [2.24, 2.45) is 5.73 Å². The van der Waals surface area contributed by atoms with Gasteiger partial charge in [0.05, 0.1) is 6.04 Å². The van der Waals surface area contributed by atoms with E-state index < -0.39 is 0 Å². The lowest BCUT2D eigenvalue weighted by molar-refractivity contribution is 0.352. The number of hydrogen-bond donors (Lipinski definition) is 1. The summed E-state index contributed by atoms with van der Waals surface area (Å²) in [5.41, 5.74) is 6.72. The van der Waals surface area contributed by atoms with Crippen LogP contribution in [-0.4, -0.2) is 10.1 Å². The van der Waals surface area contributed by atoms with E-state index in [0.29, 0.717) is 11.7 Å². The highest BCUT2D eigenvalue weighted by molar-refractivity contribution is 9.10. The summed E-state index contributed by atoms with van der Waals surface area (Å²) in [6.07, 6.45) is 0.778. The van der Waals surface area contributed by atoms with Crippen molar-refractivity contribution < 1.29 is 4.52 Å². The molecule has 0 bridgehead atoms. The molecule has 84 valence electrons. The van der Waals surface area contributed by atoms with E-state index in [2.05, 4.69) is 26.1 Å². The molecule has 5 heteroatoms. The van der Waals surface area contributed by atoms with Crippen LogP contribution in [-0.2, 0) is 0 Å². The second kappa shape index (κ2) is 4.76. The van der Waals surface area contributed by atoms with E-state index >= 15 is 0 Å². The molecule has 1 aromatic heterocycles. The van der Waals surface area contributed by atoms with Crippen molar-refractivity contribution in [2.45, 2.75) is 19.4 Å². The molecule has 0 saturated carbocycles. The van der Waals surface area contributed by atoms with Crippen LogP contribution in [0.3, 0.4) is 0 Å². The molecular weight excluding hydrogens is 270 g/mol. The summed E-state index contributed by atoms with van der Waals surface area (Å²) in [5, 5.41) is 3.91. The van der Waals surface area contributed by atoms with Crippen molar-refractivity contribution in [3.8, 4) is 11.4 Å². The zero-order chi connectivity index (χ0) is 11.5. The Morgan fingerprint density at radius 2 is 2.31 bits per heavy atom. The lowest BCUT2D eigenvalue weighted by atomic mass is 10.2. The van der Waals surface area contributed by atoms with E-state index in [1.807, 2.05) is 31.2 Å². The van der Waals surface area contributed by atoms with Crippen LogP contribution in [0.1, 0.15) is 25.3 Å². The van der Waals surface area contributed by atoms with E-state index in [1.165, 1.54) is 0 Å².